The first-order valence-electron chi connectivity index (χ1n) is 7.16. The van der Waals surface area contributed by atoms with Gasteiger partial charge >= 0.3 is 0 Å². The zero-order valence-corrected chi connectivity index (χ0v) is 11.4. The van der Waals surface area contributed by atoms with Gasteiger partial charge in [0.1, 0.15) is 0 Å². The van der Waals surface area contributed by atoms with E-state index in [1.54, 1.807) is 0 Å². The third-order valence-electron chi connectivity index (χ3n) is 6.01. The van der Waals surface area contributed by atoms with Crippen molar-refractivity contribution in [3.8, 4) is 0 Å². The summed E-state index contributed by atoms with van der Waals surface area (Å²) < 4.78 is 0. The lowest BCUT2D eigenvalue weighted by Crippen LogP contribution is -2.58. The van der Waals surface area contributed by atoms with Crippen LogP contribution in [-0.2, 0) is 0 Å². The van der Waals surface area contributed by atoms with Crippen molar-refractivity contribution in [1.82, 2.24) is 0 Å². The Kier molecular flexibility index (Phi) is 2.30. The molecule has 3 rings (SSSR count). The lowest BCUT2D eigenvalue weighted by molar-refractivity contribution is -0.180. The first kappa shape index (κ1) is 12.0. The van der Waals surface area contributed by atoms with Gasteiger partial charge < -0.3 is 10.2 Å². The first-order valence-corrected chi connectivity index (χ1v) is 7.16. The molecule has 0 saturated heterocycles. The predicted octanol–water partition coefficient (Wildman–Crippen LogP) is 2.72. The molecular formula is C15H26O2. The number of aliphatic hydroxyl groups is 2. The highest BCUT2D eigenvalue weighted by molar-refractivity contribution is 5.12. The van der Waals surface area contributed by atoms with Gasteiger partial charge in [-0.15, -0.1) is 0 Å². The summed E-state index contributed by atoms with van der Waals surface area (Å²) in [5, 5.41) is 21.5. The van der Waals surface area contributed by atoms with Gasteiger partial charge in [-0.3, -0.25) is 0 Å². The topological polar surface area (TPSA) is 40.5 Å². The fourth-order valence-corrected chi connectivity index (χ4v) is 5.39. The molecule has 0 radical (unpaired) electrons. The van der Waals surface area contributed by atoms with E-state index in [2.05, 4.69) is 20.8 Å². The van der Waals surface area contributed by atoms with Gasteiger partial charge in [0.2, 0.25) is 0 Å². The number of hydrogen-bond donors (Lipinski definition) is 2. The normalized spacial score (nSPS) is 56.6. The lowest BCUT2D eigenvalue weighted by atomic mass is 9.49. The highest BCUT2D eigenvalue weighted by Gasteiger charge is 2.62. The first-order chi connectivity index (χ1) is 7.76. The SMILES string of the molecule is CC1(C)C[C@@H]2[C@@H]1[C@@H](O)C[C@@]1(C)CCC[C@]2(O)C1. The molecule has 2 bridgehead atoms. The molecule has 3 saturated carbocycles. The molecule has 0 aliphatic heterocycles. The van der Waals surface area contributed by atoms with Crippen molar-refractivity contribution in [2.45, 2.75) is 71.0 Å². The fourth-order valence-electron chi connectivity index (χ4n) is 5.39. The van der Waals surface area contributed by atoms with E-state index in [-0.39, 0.29) is 16.9 Å². The summed E-state index contributed by atoms with van der Waals surface area (Å²) in [6.45, 7) is 6.76. The molecule has 0 amide bonds. The summed E-state index contributed by atoms with van der Waals surface area (Å²) in [5.74, 6) is 0.655. The van der Waals surface area contributed by atoms with Gasteiger partial charge in [0, 0.05) is 0 Å². The van der Waals surface area contributed by atoms with Gasteiger partial charge in [-0.2, -0.15) is 0 Å². The molecule has 0 aromatic heterocycles. The molecule has 17 heavy (non-hydrogen) atoms. The highest BCUT2D eigenvalue weighted by atomic mass is 16.3. The summed E-state index contributed by atoms with van der Waals surface area (Å²) >= 11 is 0. The smallest absolute Gasteiger partial charge is 0.0685 e. The Morgan fingerprint density at radius 2 is 1.76 bits per heavy atom. The molecule has 5 atom stereocenters. The van der Waals surface area contributed by atoms with Crippen molar-refractivity contribution >= 4 is 0 Å². The molecule has 2 N–H and O–H groups in total. The Morgan fingerprint density at radius 3 is 2.41 bits per heavy atom. The molecule has 0 heterocycles. The summed E-state index contributed by atoms with van der Waals surface area (Å²) in [6.07, 6.45) is 5.93. The Morgan fingerprint density at radius 1 is 1.06 bits per heavy atom. The summed E-state index contributed by atoms with van der Waals surface area (Å²) in [4.78, 5) is 0. The van der Waals surface area contributed by atoms with Gasteiger partial charge in [-0.25, -0.2) is 0 Å². The fraction of sp³-hybridized carbons (Fsp3) is 1.00. The van der Waals surface area contributed by atoms with Crippen molar-refractivity contribution < 1.29 is 10.2 Å². The molecule has 3 aliphatic rings. The third-order valence-corrected chi connectivity index (χ3v) is 6.01. The lowest BCUT2D eigenvalue weighted by Gasteiger charge is -2.58. The summed E-state index contributed by atoms with van der Waals surface area (Å²) in [6, 6.07) is 0. The maximum atomic E-state index is 11.0. The van der Waals surface area contributed by atoms with Crippen LogP contribution in [0.4, 0.5) is 0 Å². The third kappa shape index (κ3) is 1.60. The van der Waals surface area contributed by atoms with E-state index in [0.717, 1.165) is 32.1 Å². The number of hydrogen-bond acceptors (Lipinski definition) is 2. The number of rotatable bonds is 0. The quantitative estimate of drug-likeness (QED) is 0.681. The molecule has 0 aromatic rings. The molecule has 3 aliphatic carbocycles. The minimum Gasteiger partial charge on any atom is -0.393 e. The van der Waals surface area contributed by atoms with Crippen LogP contribution >= 0.6 is 0 Å². The maximum absolute atomic E-state index is 11.0. The van der Waals surface area contributed by atoms with E-state index in [1.807, 2.05) is 0 Å². The van der Waals surface area contributed by atoms with Crippen LogP contribution in [0.2, 0.25) is 0 Å². The second-order valence-electron chi connectivity index (χ2n) is 8.04. The zero-order valence-electron chi connectivity index (χ0n) is 11.4. The number of fused-ring (bicyclic) bond motifs is 4. The zero-order chi connectivity index (χ0) is 12.5. The maximum Gasteiger partial charge on any atom is 0.0685 e. The minimum absolute atomic E-state index is 0.167. The summed E-state index contributed by atoms with van der Waals surface area (Å²) in [7, 11) is 0. The van der Waals surface area contributed by atoms with Crippen LogP contribution in [-0.4, -0.2) is 21.9 Å². The van der Waals surface area contributed by atoms with Gasteiger partial charge in [0.25, 0.3) is 0 Å². The predicted molar refractivity (Wildman–Crippen MR) is 67.5 cm³/mol. The Labute approximate surface area is 104 Å². The molecule has 0 aromatic carbocycles. The minimum atomic E-state index is -0.481. The average molecular weight is 238 g/mol. The van der Waals surface area contributed by atoms with Gasteiger partial charge in [-0.1, -0.05) is 27.2 Å². The van der Waals surface area contributed by atoms with Crippen LogP contribution < -0.4 is 0 Å². The Hall–Kier alpha value is -0.0800. The Bertz CT molecular complexity index is 338. The molecule has 3 fully saturated rings. The molecule has 2 heteroatoms. The van der Waals surface area contributed by atoms with E-state index in [0.29, 0.717) is 11.8 Å². The van der Waals surface area contributed by atoms with Gasteiger partial charge in [0.15, 0.2) is 0 Å². The van der Waals surface area contributed by atoms with Crippen LogP contribution in [0.5, 0.6) is 0 Å². The van der Waals surface area contributed by atoms with Crippen molar-refractivity contribution in [1.29, 1.82) is 0 Å². The van der Waals surface area contributed by atoms with E-state index in [4.69, 9.17) is 0 Å². The highest BCUT2D eigenvalue weighted by Crippen LogP contribution is 2.64. The van der Waals surface area contributed by atoms with Crippen LogP contribution in [0.25, 0.3) is 0 Å². The second kappa shape index (κ2) is 3.27. The van der Waals surface area contributed by atoms with Crippen LogP contribution in [0.3, 0.4) is 0 Å². The van der Waals surface area contributed by atoms with E-state index in [1.165, 1.54) is 6.42 Å². The van der Waals surface area contributed by atoms with Crippen molar-refractivity contribution in [2.75, 3.05) is 0 Å². The molecule has 2 nitrogen and oxygen atoms in total. The van der Waals surface area contributed by atoms with Crippen LogP contribution in [0, 0.1) is 22.7 Å². The largest absolute Gasteiger partial charge is 0.393 e. The Balaban J connectivity index is 1.98. The van der Waals surface area contributed by atoms with E-state index < -0.39 is 5.60 Å². The van der Waals surface area contributed by atoms with Gasteiger partial charge in [-0.05, 0) is 54.8 Å². The number of aliphatic hydroxyl groups excluding tert-OH is 1. The molecule has 98 valence electrons. The van der Waals surface area contributed by atoms with Gasteiger partial charge in [0.05, 0.1) is 11.7 Å². The molecular weight excluding hydrogens is 212 g/mol. The second-order valence-corrected chi connectivity index (χ2v) is 8.04. The van der Waals surface area contributed by atoms with Crippen molar-refractivity contribution in [3.05, 3.63) is 0 Å². The monoisotopic (exact) mass is 238 g/mol. The van der Waals surface area contributed by atoms with Crippen molar-refractivity contribution in [2.24, 2.45) is 22.7 Å². The summed E-state index contributed by atoms with van der Waals surface area (Å²) in [5.41, 5.74) is -0.0991. The van der Waals surface area contributed by atoms with E-state index in [9.17, 15) is 10.2 Å². The molecule has 0 unspecified atom stereocenters. The standard InChI is InChI=1S/C15H26O2/c1-13(2)7-10-12(13)11(16)8-14(3)5-4-6-15(10,17)9-14/h10-12,16-17H,4-9H2,1-3H3/t10-,11+,12-,14-,15+/m1/s1. The van der Waals surface area contributed by atoms with E-state index >= 15 is 0 Å². The van der Waals surface area contributed by atoms with Crippen LogP contribution in [0.1, 0.15) is 59.3 Å². The van der Waals surface area contributed by atoms with Crippen molar-refractivity contribution in [3.63, 3.8) is 0 Å². The van der Waals surface area contributed by atoms with Crippen LogP contribution in [0.15, 0.2) is 0 Å². The average Bonchev–Trinajstić information content (AvgIpc) is 2.16. The molecule has 0 spiro atoms.